The molecule has 0 amide bonds. The van der Waals surface area contributed by atoms with Gasteiger partial charge in [0.05, 0.1) is 16.6 Å². The Bertz CT molecular complexity index is 988. The van der Waals surface area contributed by atoms with Gasteiger partial charge < -0.3 is 4.74 Å². The molecule has 130 valence electrons. The van der Waals surface area contributed by atoms with Gasteiger partial charge in [0.1, 0.15) is 11.6 Å². The largest absolute Gasteiger partial charge is 0.464 e. The molecule has 0 unspecified atom stereocenters. The summed E-state index contributed by atoms with van der Waals surface area (Å²) in [5.41, 5.74) is 3.07. The van der Waals surface area contributed by atoms with Crippen LogP contribution in [0.3, 0.4) is 0 Å². The van der Waals surface area contributed by atoms with E-state index in [1.807, 2.05) is 23.2 Å². The van der Waals surface area contributed by atoms with Crippen molar-refractivity contribution in [3.05, 3.63) is 86.3 Å². The summed E-state index contributed by atoms with van der Waals surface area (Å²) in [6.07, 6.45) is 0.456. The van der Waals surface area contributed by atoms with Crippen molar-refractivity contribution < 1.29 is 9.13 Å². The zero-order valence-electron chi connectivity index (χ0n) is 13.6. The van der Waals surface area contributed by atoms with Crippen LogP contribution in [0.5, 0.6) is 5.75 Å². The zero-order chi connectivity index (χ0) is 17.7. The standard InChI is InChI=1S/C20H14BrFN2OS/c21-13-5-8-18-15(10-13)17-11-16(19-2-1-9-26-19)23-24(17)20(25-18)12-3-6-14(22)7-4-12/h1-10,17,20H,11H2/t17-,20-/m1/s1. The second kappa shape index (κ2) is 6.21. The fraction of sp³-hybridized carbons (Fsp3) is 0.150. The molecule has 2 aliphatic heterocycles. The van der Waals surface area contributed by atoms with E-state index in [0.29, 0.717) is 0 Å². The summed E-state index contributed by atoms with van der Waals surface area (Å²) in [6.45, 7) is 0. The van der Waals surface area contributed by atoms with Crippen molar-refractivity contribution in [3.63, 3.8) is 0 Å². The van der Waals surface area contributed by atoms with Crippen LogP contribution < -0.4 is 4.74 Å². The van der Waals surface area contributed by atoms with Crippen LogP contribution in [-0.2, 0) is 0 Å². The van der Waals surface area contributed by atoms with Crippen molar-refractivity contribution in [1.29, 1.82) is 0 Å². The molecule has 0 spiro atoms. The lowest BCUT2D eigenvalue weighted by Crippen LogP contribution is -2.33. The van der Waals surface area contributed by atoms with E-state index in [-0.39, 0.29) is 18.1 Å². The molecule has 3 nitrogen and oxygen atoms in total. The highest BCUT2D eigenvalue weighted by Crippen LogP contribution is 2.48. The van der Waals surface area contributed by atoms with Gasteiger partial charge in [0.2, 0.25) is 6.23 Å². The smallest absolute Gasteiger partial charge is 0.213 e. The third kappa shape index (κ3) is 2.64. The predicted octanol–water partition coefficient (Wildman–Crippen LogP) is 5.89. The molecule has 2 aromatic carbocycles. The average Bonchev–Trinajstić information content (AvgIpc) is 3.32. The van der Waals surface area contributed by atoms with Gasteiger partial charge >= 0.3 is 0 Å². The van der Waals surface area contributed by atoms with Crippen LogP contribution in [0.25, 0.3) is 0 Å². The van der Waals surface area contributed by atoms with E-state index in [0.717, 1.165) is 33.5 Å². The summed E-state index contributed by atoms with van der Waals surface area (Å²) in [6, 6.07) is 16.7. The van der Waals surface area contributed by atoms with Gasteiger partial charge in [0.15, 0.2) is 0 Å². The van der Waals surface area contributed by atoms with E-state index in [4.69, 9.17) is 9.84 Å². The van der Waals surface area contributed by atoms with Crippen molar-refractivity contribution >= 4 is 33.0 Å². The molecule has 3 aromatic rings. The molecule has 0 aliphatic carbocycles. The van der Waals surface area contributed by atoms with Gasteiger partial charge in [0, 0.05) is 22.0 Å². The molecular formula is C20H14BrFN2OS. The Morgan fingerprint density at radius 2 is 2.00 bits per heavy atom. The van der Waals surface area contributed by atoms with Gasteiger partial charge in [-0.15, -0.1) is 11.3 Å². The Kier molecular flexibility index (Phi) is 3.83. The number of hydrazone groups is 1. The first kappa shape index (κ1) is 16.0. The number of nitrogens with zero attached hydrogens (tertiary/aromatic N) is 2. The van der Waals surface area contributed by atoms with Crippen molar-refractivity contribution in [2.24, 2.45) is 5.10 Å². The van der Waals surface area contributed by atoms with Crippen LogP contribution in [0.2, 0.25) is 0 Å². The van der Waals surface area contributed by atoms with Gasteiger partial charge in [-0.2, -0.15) is 5.10 Å². The third-order valence-corrected chi connectivity index (χ3v) is 6.12. The first-order chi connectivity index (χ1) is 12.7. The first-order valence-electron chi connectivity index (χ1n) is 8.30. The summed E-state index contributed by atoms with van der Waals surface area (Å²) in [7, 11) is 0. The molecule has 0 fully saturated rings. The van der Waals surface area contributed by atoms with Gasteiger partial charge in [-0.05, 0) is 41.8 Å². The van der Waals surface area contributed by atoms with Crippen LogP contribution in [0.15, 0.2) is 69.6 Å². The Morgan fingerprint density at radius 1 is 1.15 bits per heavy atom. The van der Waals surface area contributed by atoms with Crippen LogP contribution >= 0.6 is 27.3 Å². The Balaban J connectivity index is 1.61. The zero-order valence-corrected chi connectivity index (χ0v) is 16.0. The maximum Gasteiger partial charge on any atom is 0.213 e. The minimum atomic E-state index is -0.369. The maximum absolute atomic E-state index is 13.4. The number of rotatable bonds is 2. The monoisotopic (exact) mass is 428 g/mol. The number of benzene rings is 2. The predicted molar refractivity (Wildman–Crippen MR) is 104 cm³/mol. The molecular weight excluding hydrogens is 415 g/mol. The maximum atomic E-state index is 13.4. The van der Waals surface area contributed by atoms with Gasteiger partial charge in [-0.3, -0.25) is 0 Å². The van der Waals surface area contributed by atoms with Gasteiger partial charge in [-0.1, -0.05) is 34.1 Å². The molecule has 0 bridgehead atoms. The number of halogens is 2. The Labute approximate surface area is 162 Å². The lowest BCUT2D eigenvalue weighted by atomic mass is 9.98. The highest BCUT2D eigenvalue weighted by molar-refractivity contribution is 9.10. The van der Waals surface area contributed by atoms with E-state index in [1.54, 1.807) is 23.5 Å². The first-order valence-corrected chi connectivity index (χ1v) is 9.97. The van der Waals surface area contributed by atoms with Crippen LogP contribution in [0.4, 0.5) is 4.39 Å². The SMILES string of the molecule is Fc1ccc([C@H]2Oc3ccc(Br)cc3[C@H]3CC(c4cccs4)=NN32)cc1. The van der Waals surface area contributed by atoms with Crippen molar-refractivity contribution in [1.82, 2.24) is 5.01 Å². The molecule has 0 saturated heterocycles. The average molecular weight is 429 g/mol. The number of thiophene rings is 1. The second-order valence-corrected chi connectivity index (χ2v) is 8.19. The fourth-order valence-electron chi connectivity index (χ4n) is 3.50. The molecule has 3 heterocycles. The molecule has 2 aliphatic rings. The summed E-state index contributed by atoms with van der Waals surface area (Å²) >= 11 is 5.25. The van der Waals surface area contributed by atoms with E-state index in [9.17, 15) is 4.39 Å². The van der Waals surface area contributed by atoms with E-state index in [1.165, 1.54) is 17.0 Å². The lowest BCUT2D eigenvalue weighted by Gasteiger charge is -2.38. The van der Waals surface area contributed by atoms with E-state index < -0.39 is 0 Å². The molecule has 0 N–H and O–H groups in total. The van der Waals surface area contributed by atoms with Gasteiger partial charge in [-0.25, -0.2) is 9.40 Å². The molecule has 26 heavy (non-hydrogen) atoms. The minimum Gasteiger partial charge on any atom is -0.464 e. The summed E-state index contributed by atoms with van der Waals surface area (Å²) in [5, 5.41) is 8.96. The van der Waals surface area contributed by atoms with Crippen LogP contribution in [0.1, 0.15) is 34.7 Å². The number of fused-ring (bicyclic) bond motifs is 3. The number of hydrogen-bond donors (Lipinski definition) is 0. The van der Waals surface area contributed by atoms with Crippen LogP contribution in [0, 0.1) is 5.82 Å². The Morgan fingerprint density at radius 3 is 2.77 bits per heavy atom. The van der Waals surface area contributed by atoms with Crippen molar-refractivity contribution in [2.45, 2.75) is 18.7 Å². The van der Waals surface area contributed by atoms with Gasteiger partial charge in [0.25, 0.3) is 0 Å². The Hall–Kier alpha value is -2.18. The molecule has 0 radical (unpaired) electrons. The van der Waals surface area contributed by atoms with Crippen LogP contribution in [-0.4, -0.2) is 10.7 Å². The molecule has 2 atom stereocenters. The summed E-state index contributed by atoms with van der Waals surface area (Å²) in [4.78, 5) is 1.17. The summed E-state index contributed by atoms with van der Waals surface area (Å²) in [5.74, 6) is 0.598. The number of ether oxygens (including phenoxy) is 1. The molecule has 5 rings (SSSR count). The topological polar surface area (TPSA) is 24.8 Å². The number of hydrogen-bond acceptors (Lipinski definition) is 4. The van der Waals surface area contributed by atoms with Crippen molar-refractivity contribution in [2.75, 3.05) is 0 Å². The highest BCUT2D eigenvalue weighted by Gasteiger charge is 2.41. The van der Waals surface area contributed by atoms with Crippen molar-refractivity contribution in [3.8, 4) is 5.75 Å². The normalized spacial score (nSPS) is 21.0. The minimum absolute atomic E-state index is 0.100. The fourth-order valence-corrected chi connectivity index (χ4v) is 4.60. The molecule has 0 saturated carbocycles. The quantitative estimate of drug-likeness (QED) is 0.507. The second-order valence-electron chi connectivity index (χ2n) is 6.33. The lowest BCUT2D eigenvalue weighted by molar-refractivity contribution is -0.0191. The molecule has 1 aromatic heterocycles. The third-order valence-electron chi connectivity index (χ3n) is 4.71. The molecule has 6 heteroatoms. The highest BCUT2D eigenvalue weighted by atomic mass is 79.9. The summed E-state index contributed by atoms with van der Waals surface area (Å²) < 4.78 is 20.7. The van der Waals surface area contributed by atoms with E-state index in [2.05, 4.69) is 33.4 Å². The van der Waals surface area contributed by atoms with E-state index >= 15 is 0 Å².